The summed E-state index contributed by atoms with van der Waals surface area (Å²) in [6.45, 7) is 1.49. The van der Waals surface area contributed by atoms with Gasteiger partial charge in [0.05, 0.1) is 6.54 Å². The lowest BCUT2D eigenvalue weighted by Gasteiger charge is -2.23. The van der Waals surface area contributed by atoms with E-state index in [9.17, 15) is 4.79 Å². The van der Waals surface area contributed by atoms with Crippen molar-refractivity contribution in [1.29, 1.82) is 0 Å². The maximum atomic E-state index is 11.6. The molecule has 1 fully saturated rings. The maximum absolute atomic E-state index is 11.6. The molecule has 5 nitrogen and oxygen atoms in total. The summed E-state index contributed by atoms with van der Waals surface area (Å²) in [6, 6.07) is 0.509. The van der Waals surface area contributed by atoms with Crippen LogP contribution in [0.1, 0.15) is 32.1 Å². The molecule has 1 atom stereocenters. The highest BCUT2D eigenvalue weighted by molar-refractivity contribution is 5.75. The van der Waals surface area contributed by atoms with Crippen LogP contribution < -0.4 is 10.6 Å². The molecule has 0 saturated carbocycles. The van der Waals surface area contributed by atoms with E-state index in [-0.39, 0.29) is 12.2 Å². The molecule has 0 aromatic heterocycles. The lowest BCUT2D eigenvalue weighted by molar-refractivity contribution is -0.127. The number of nitrogens with one attached hydrogen (secondary N) is 2. The minimum atomic E-state index is -0.355. The van der Waals surface area contributed by atoms with Crippen molar-refractivity contribution < 1.29 is 14.3 Å². The van der Waals surface area contributed by atoms with Crippen LogP contribution in [0, 0.1) is 0 Å². The van der Waals surface area contributed by atoms with Crippen molar-refractivity contribution in [2.45, 2.75) is 44.4 Å². The number of amides is 1. The molecular formula is C12H24N2O3. The second-order valence-electron chi connectivity index (χ2n) is 4.39. The summed E-state index contributed by atoms with van der Waals surface area (Å²) < 4.78 is 9.99. The van der Waals surface area contributed by atoms with Gasteiger partial charge in [0.25, 0.3) is 0 Å². The van der Waals surface area contributed by atoms with Crippen LogP contribution in [0.4, 0.5) is 0 Å². The lowest BCUT2D eigenvalue weighted by atomic mass is 10.0. The van der Waals surface area contributed by atoms with Crippen LogP contribution in [-0.2, 0) is 14.3 Å². The average Bonchev–Trinajstić information content (AvgIpc) is 2.39. The molecule has 0 bridgehead atoms. The number of hydrogen-bond donors (Lipinski definition) is 2. The van der Waals surface area contributed by atoms with Crippen LogP contribution >= 0.6 is 0 Å². The van der Waals surface area contributed by atoms with Crippen molar-refractivity contribution in [1.82, 2.24) is 10.6 Å². The Hall–Kier alpha value is -0.650. The second-order valence-corrected chi connectivity index (χ2v) is 4.39. The Morgan fingerprint density at radius 1 is 1.41 bits per heavy atom. The molecule has 5 heteroatoms. The molecule has 1 saturated heterocycles. The van der Waals surface area contributed by atoms with Gasteiger partial charge in [-0.3, -0.25) is 4.79 Å². The Morgan fingerprint density at radius 3 is 2.76 bits per heavy atom. The monoisotopic (exact) mass is 244 g/mol. The summed E-state index contributed by atoms with van der Waals surface area (Å²) in [4.78, 5) is 11.6. The Kier molecular flexibility index (Phi) is 7.16. The molecule has 0 spiro atoms. The van der Waals surface area contributed by atoms with Crippen molar-refractivity contribution in [3.63, 3.8) is 0 Å². The Balaban J connectivity index is 2.07. The van der Waals surface area contributed by atoms with E-state index >= 15 is 0 Å². The smallest absolute Gasteiger partial charge is 0.220 e. The zero-order valence-corrected chi connectivity index (χ0v) is 10.8. The summed E-state index contributed by atoms with van der Waals surface area (Å²) in [7, 11) is 3.12. The predicted octanol–water partition coefficient (Wildman–Crippen LogP) is 0.644. The van der Waals surface area contributed by atoms with Crippen molar-refractivity contribution in [3.05, 3.63) is 0 Å². The highest BCUT2D eigenvalue weighted by Crippen LogP contribution is 2.11. The molecule has 1 unspecified atom stereocenters. The van der Waals surface area contributed by atoms with E-state index in [4.69, 9.17) is 9.47 Å². The Bertz CT molecular complexity index is 214. The number of hydrogen-bond acceptors (Lipinski definition) is 4. The van der Waals surface area contributed by atoms with Crippen LogP contribution in [0.2, 0.25) is 0 Å². The van der Waals surface area contributed by atoms with Gasteiger partial charge in [-0.05, 0) is 25.8 Å². The number of rotatable bonds is 7. The number of piperidine rings is 1. The minimum Gasteiger partial charge on any atom is -0.354 e. The first kappa shape index (κ1) is 14.4. The van der Waals surface area contributed by atoms with Crippen molar-refractivity contribution in [3.8, 4) is 0 Å². The first-order valence-corrected chi connectivity index (χ1v) is 6.32. The molecule has 0 aromatic rings. The molecule has 1 amide bonds. The van der Waals surface area contributed by atoms with Crippen LogP contribution in [-0.4, -0.2) is 45.5 Å². The van der Waals surface area contributed by atoms with Gasteiger partial charge < -0.3 is 20.1 Å². The molecule has 1 aliphatic heterocycles. The molecule has 2 N–H and O–H groups in total. The van der Waals surface area contributed by atoms with E-state index in [1.165, 1.54) is 19.3 Å². The summed E-state index contributed by atoms with van der Waals surface area (Å²) in [5.74, 6) is 0.0662. The first-order chi connectivity index (χ1) is 8.26. The zero-order valence-electron chi connectivity index (χ0n) is 10.8. The molecule has 1 heterocycles. The summed E-state index contributed by atoms with van der Waals surface area (Å²) in [5, 5.41) is 6.24. The third kappa shape index (κ3) is 6.00. The van der Waals surface area contributed by atoms with E-state index in [0.29, 0.717) is 19.0 Å². The van der Waals surface area contributed by atoms with Gasteiger partial charge in [0.15, 0.2) is 6.29 Å². The molecule has 0 radical (unpaired) electrons. The minimum absolute atomic E-state index is 0.0662. The van der Waals surface area contributed by atoms with Gasteiger partial charge in [0.1, 0.15) is 0 Å². The third-order valence-electron chi connectivity index (χ3n) is 3.12. The topological polar surface area (TPSA) is 59.6 Å². The van der Waals surface area contributed by atoms with Crippen molar-refractivity contribution in [2.24, 2.45) is 0 Å². The standard InChI is InChI=1S/C12H24N2O3/c1-16-12(17-2)9-14-11(15)7-6-10-5-3-4-8-13-10/h10,12-13H,3-9H2,1-2H3,(H,14,15). The quantitative estimate of drug-likeness (QED) is 0.645. The third-order valence-corrected chi connectivity index (χ3v) is 3.12. The number of ether oxygens (including phenoxy) is 2. The second kappa shape index (κ2) is 8.44. The van der Waals surface area contributed by atoms with Gasteiger partial charge in [-0.15, -0.1) is 0 Å². The predicted molar refractivity (Wildman–Crippen MR) is 65.7 cm³/mol. The SMILES string of the molecule is COC(CNC(=O)CCC1CCCCN1)OC. The van der Waals surface area contributed by atoms with E-state index in [1.807, 2.05) is 0 Å². The van der Waals surface area contributed by atoms with E-state index in [2.05, 4.69) is 10.6 Å². The van der Waals surface area contributed by atoms with Crippen LogP contribution in [0.3, 0.4) is 0 Å². The first-order valence-electron chi connectivity index (χ1n) is 6.32. The van der Waals surface area contributed by atoms with E-state index in [1.54, 1.807) is 14.2 Å². The molecule has 17 heavy (non-hydrogen) atoms. The molecule has 1 rings (SSSR count). The van der Waals surface area contributed by atoms with Gasteiger partial charge in [-0.2, -0.15) is 0 Å². The van der Waals surface area contributed by atoms with E-state index < -0.39 is 0 Å². The fourth-order valence-corrected chi connectivity index (χ4v) is 2.02. The fourth-order valence-electron chi connectivity index (χ4n) is 2.02. The molecular weight excluding hydrogens is 220 g/mol. The van der Waals surface area contributed by atoms with Crippen LogP contribution in [0.25, 0.3) is 0 Å². The number of carbonyl (C=O) groups excluding carboxylic acids is 1. The Morgan fingerprint density at radius 2 is 2.18 bits per heavy atom. The van der Waals surface area contributed by atoms with Gasteiger partial charge >= 0.3 is 0 Å². The highest BCUT2D eigenvalue weighted by atomic mass is 16.7. The molecule has 100 valence electrons. The fraction of sp³-hybridized carbons (Fsp3) is 0.917. The van der Waals surface area contributed by atoms with Gasteiger partial charge in [0, 0.05) is 26.7 Å². The molecule has 0 aromatic carbocycles. The highest BCUT2D eigenvalue weighted by Gasteiger charge is 2.14. The van der Waals surface area contributed by atoms with Gasteiger partial charge in [0.2, 0.25) is 5.91 Å². The normalized spacial score (nSPS) is 20.5. The lowest BCUT2D eigenvalue weighted by Crippen LogP contribution is -2.37. The zero-order chi connectivity index (χ0) is 12.5. The average molecular weight is 244 g/mol. The Labute approximate surface area is 103 Å². The summed E-state index contributed by atoms with van der Waals surface area (Å²) >= 11 is 0. The van der Waals surface area contributed by atoms with E-state index in [0.717, 1.165) is 13.0 Å². The van der Waals surface area contributed by atoms with Crippen molar-refractivity contribution in [2.75, 3.05) is 27.3 Å². The van der Waals surface area contributed by atoms with Gasteiger partial charge in [-0.1, -0.05) is 6.42 Å². The number of carbonyl (C=O) groups is 1. The summed E-state index contributed by atoms with van der Waals surface area (Å²) in [6.07, 6.45) is 4.84. The maximum Gasteiger partial charge on any atom is 0.220 e. The molecule has 0 aliphatic carbocycles. The van der Waals surface area contributed by atoms with Crippen LogP contribution in [0.15, 0.2) is 0 Å². The van der Waals surface area contributed by atoms with Crippen LogP contribution in [0.5, 0.6) is 0 Å². The summed E-state index contributed by atoms with van der Waals surface area (Å²) in [5.41, 5.74) is 0. The van der Waals surface area contributed by atoms with Crippen molar-refractivity contribution >= 4 is 5.91 Å². The molecule has 1 aliphatic rings. The largest absolute Gasteiger partial charge is 0.354 e. The van der Waals surface area contributed by atoms with Gasteiger partial charge in [-0.25, -0.2) is 0 Å². The number of methoxy groups -OCH3 is 2.